The van der Waals surface area contributed by atoms with Crippen molar-refractivity contribution in [2.45, 2.75) is 12.8 Å². The molecule has 1 fully saturated rings. The molecule has 3 aromatic rings. The standard InChI is InChI=1S/C18H19N5OS/c1-23-6-4-12(5-7-23)18(24)20-17-9-14-8-13(15-10-19-25-11-15)2-3-16(14)21-22-17/h2-3,8-12H,4-7H2,1H3,(H,20,22,24). The summed E-state index contributed by atoms with van der Waals surface area (Å²) in [6.07, 6.45) is 3.63. The Kier molecular flexibility index (Phi) is 4.42. The number of anilines is 1. The lowest BCUT2D eigenvalue weighted by Crippen LogP contribution is -2.36. The topological polar surface area (TPSA) is 71.0 Å². The molecule has 0 saturated carbocycles. The summed E-state index contributed by atoms with van der Waals surface area (Å²) in [6.45, 7) is 1.92. The number of piperidine rings is 1. The summed E-state index contributed by atoms with van der Waals surface area (Å²) >= 11 is 1.43. The quantitative estimate of drug-likeness (QED) is 0.784. The summed E-state index contributed by atoms with van der Waals surface area (Å²) in [7, 11) is 2.09. The molecule has 7 heteroatoms. The van der Waals surface area contributed by atoms with Crippen molar-refractivity contribution in [2.75, 3.05) is 25.5 Å². The zero-order chi connectivity index (χ0) is 17.2. The van der Waals surface area contributed by atoms with Crippen molar-refractivity contribution < 1.29 is 4.79 Å². The lowest BCUT2D eigenvalue weighted by atomic mass is 9.96. The highest BCUT2D eigenvalue weighted by Gasteiger charge is 2.23. The average Bonchev–Trinajstić information content (AvgIpc) is 3.16. The minimum Gasteiger partial charge on any atom is -0.309 e. The van der Waals surface area contributed by atoms with Gasteiger partial charge in [-0.3, -0.25) is 4.79 Å². The van der Waals surface area contributed by atoms with Crippen molar-refractivity contribution in [3.8, 4) is 11.1 Å². The third-order valence-electron chi connectivity index (χ3n) is 4.69. The van der Waals surface area contributed by atoms with Crippen LogP contribution in [-0.2, 0) is 4.79 Å². The van der Waals surface area contributed by atoms with Crippen LogP contribution in [0.3, 0.4) is 0 Å². The number of nitrogens with zero attached hydrogens (tertiary/aromatic N) is 4. The first-order chi connectivity index (χ1) is 12.2. The van der Waals surface area contributed by atoms with E-state index in [-0.39, 0.29) is 11.8 Å². The van der Waals surface area contributed by atoms with Gasteiger partial charge in [-0.1, -0.05) is 6.07 Å². The maximum atomic E-state index is 12.5. The van der Waals surface area contributed by atoms with Gasteiger partial charge in [0.25, 0.3) is 0 Å². The van der Waals surface area contributed by atoms with Gasteiger partial charge in [-0.15, -0.1) is 10.2 Å². The van der Waals surface area contributed by atoms with E-state index in [0.717, 1.165) is 48.0 Å². The Morgan fingerprint density at radius 1 is 1.20 bits per heavy atom. The van der Waals surface area contributed by atoms with Gasteiger partial charge in [-0.25, -0.2) is 4.37 Å². The highest BCUT2D eigenvalue weighted by Crippen LogP contribution is 2.25. The molecular weight excluding hydrogens is 334 g/mol. The Bertz CT molecular complexity index is 888. The van der Waals surface area contributed by atoms with Crippen LogP contribution in [0.5, 0.6) is 0 Å². The monoisotopic (exact) mass is 353 g/mol. The zero-order valence-corrected chi connectivity index (χ0v) is 14.8. The van der Waals surface area contributed by atoms with Gasteiger partial charge in [0.1, 0.15) is 0 Å². The van der Waals surface area contributed by atoms with Gasteiger partial charge in [0.2, 0.25) is 5.91 Å². The molecule has 3 heterocycles. The van der Waals surface area contributed by atoms with Crippen LogP contribution in [0.25, 0.3) is 22.0 Å². The number of carbonyl (C=O) groups excluding carboxylic acids is 1. The third kappa shape index (κ3) is 3.52. The first-order valence-electron chi connectivity index (χ1n) is 8.36. The predicted octanol–water partition coefficient (Wildman–Crippen LogP) is 3.03. The molecule has 25 heavy (non-hydrogen) atoms. The Morgan fingerprint density at radius 2 is 2.04 bits per heavy atom. The van der Waals surface area contributed by atoms with Crippen LogP contribution in [-0.4, -0.2) is 45.5 Å². The number of hydrogen-bond donors (Lipinski definition) is 1. The molecule has 0 atom stereocenters. The van der Waals surface area contributed by atoms with E-state index in [1.807, 2.05) is 29.8 Å². The number of likely N-dealkylation sites (tertiary alicyclic amines) is 1. The lowest BCUT2D eigenvalue weighted by Gasteiger charge is -2.27. The molecule has 0 aliphatic carbocycles. The van der Waals surface area contributed by atoms with Crippen molar-refractivity contribution >= 4 is 34.2 Å². The van der Waals surface area contributed by atoms with Crippen LogP contribution >= 0.6 is 11.5 Å². The van der Waals surface area contributed by atoms with Gasteiger partial charge < -0.3 is 10.2 Å². The highest BCUT2D eigenvalue weighted by molar-refractivity contribution is 7.03. The molecule has 1 aliphatic rings. The van der Waals surface area contributed by atoms with Crippen LogP contribution in [0.1, 0.15) is 12.8 Å². The number of carbonyl (C=O) groups is 1. The van der Waals surface area contributed by atoms with E-state index in [0.29, 0.717) is 5.82 Å². The molecule has 1 saturated heterocycles. The number of amides is 1. The number of aromatic nitrogens is 3. The normalized spacial score (nSPS) is 16.2. The van der Waals surface area contributed by atoms with E-state index >= 15 is 0 Å². The zero-order valence-electron chi connectivity index (χ0n) is 14.0. The molecular formula is C18H19N5OS. The molecule has 2 aromatic heterocycles. The minimum absolute atomic E-state index is 0.0416. The molecule has 6 nitrogen and oxygen atoms in total. The van der Waals surface area contributed by atoms with Gasteiger partial charge in [-0.2, -0.15) is 0 Å². The van der Waals surface area contributed by atoms with E-state index in [2.05, 4.69) is 37.9 Å². The second-order valence-electron chi connectivity index (χ2n) is 6.48. The van der Waals surface area contributed by atoms with E-state index in [9.17, 15) is 4.79 Å². The molecule has 1 aliphatic heterocycles. The van der Waals surface area contributed by atoms with E-state index in [4.69, 9.17) is 0 Å². The van der Waals surface area contributed by atoms with Crippen LogP contribution in [0, 0.1) is 5.92 Å². The molecule has 128 valence electrons. The van der Waals surface area contributed by atoms with Crippen LogP contribution in [0.15, 0.2) is 35.8 Å². The number of fused-ring (bicyclic) bond motifs is 1. The smallest absolute Gasteiger partial charge is 0.228 e. The number of nitrogens with one attached hydrogen (secondary N) is 1. The van der Waals surface area contributed by atoms with Crippen LogP contribution in [0.4, 0.5) is 5.82 Å². The SMILES string of the molecule is CN1CCC(C(=O)Nc2cc3cc(-c4cnsc4)ccc3nn2)CC1. The van der Waals surface area contributed by atoms with Crippen molar-refractivity contribution in [1.82, 2.24) is 19.5 Å². The highest BCUT2D eigenvalue weighted by atomic mass is 32.1. The number of benzene rings is 1. The molecule has 0 bridgehead atoms. The lowest BCUT2D eigenvalue weighted by molar-refractivity contribution is -0.121. The van der Waals surface area contributed by atoms with Gasteiger partial charge >= 0.3 is 0 Å². The fraction of sp³-hybridized carbons (Fsp3) is 0.333. The minimum atomic E-state index is 0.0416. The largest absolute Gasteiger partial charge is 0.309 e. The van der Waals surface area contributed by atoms with E-state index < -0.39 is 0 Å². The Hall–Kier alpha value is -2.38. The molecule has 4 rings (SSSR count). The second kappa shape index (κ2) is 6.85. The first kappa shape index (κ1) is 16.1. The van der Waals surface area contributed by atoms with Gasteiger partial charge in [-0.05, 0) is 68.3 Å². The summed E-state index contributed by atoms with van der Waals surface area (Å²) in [5, 5.41) is 14.3. The number of rotatable bonds is 3. The number of hydrogen-bond acceptors (Lipinski definition) is 6. The second-order valence-corrected chi connectivity index (χ2v) is 7.14. The summed E-state index contributed by atoms with van der Waals surface area (Å²) in [5.41, 5.74) is 2.98. The first-order valence-corrected chi connectivity index (χ1v) is 9.19. The summed E-state index contributed by atoms with van der Waals surface area (Å²) in [6, 6.07) is 7.90. The van der Waals surface area contributed by atoms with Crippen molar-refractivity contribution in [1.29, 1.82) is 0 Å². The Labute approximate surface area is 150 Å². The van der Waals surface area contributed by atoms with Crippen LogP contribution in [0.2, 0.25) is 0 Å². The fourth-order valence-electron chi connectivity index (χ4n) is 3.13. The fourth-order valence-corrected chi connectivity index (χ4v) is 3.68. The van der Waals surface area contributed by atoms with Crippen molar-refractivity contribution in [3.05, 3.63) is 35.8 Å². The molecule has 0 spiro atoms. The Morgan fingerprint density at radius 3 is 2.80 bits per heavy atom. The molecule has 0 unspecified atom stereocenters. The molecule has 0 radical (unpaired) electrons. The van der Waals surface area contributed by atoms with Crippen molar-refractivity contribution in [2.24, 2.45) is 5.92 Å². The average molecular weight is 353 g/mol. The van der Waals surface area contributed by atoms with Gasteiger partial charge in [0.15, 0.2) is 5.82 Å². The van der Waals surface area contributed by atoms with Gasteiger partial charge in [0.05, 0.1) is 5.52 Å². The van der Waals surface area contributed by atoms with E-state index in [1.165, 1.54) is 11.5 Å². The molecule has 1 N–H and O–H groups in total. The predicted molar refractivity (Wildman–Crippen MR) is 99.5 cm³/mol. The van der Waals surface area contributed by atoms with Crippen LogP contribution < -0.4 is 5.32 Å². The molecule has 1 amide bonds. The maximum absolute atomic E-state index is 12.5. The summed E-state index contributed by atoms with van der Waals surface area (Å²) < 4.78 is 4.15. The van der Waals surface area contributed by atoms with E-state index in [1.54, 1.807) is 0 Å². The van der Waals surface area contributed by atoms with Gasteiger partial charge in [0, 0.05) is 28.4 Å². The Balaban J connectivity index is 1.54. The maximum Gasteiger partial charge on any atom is 0.228 e. The van der Waals surface area contributed by atoms with Crippen molar-refractivity contribution in [3.63, 3.8) is 0 Å². The molecule has 1 aromatic carbocycles. The summed E-state index contributed by atoms with van der Waals surface area (Å²) in [4.78, 5) is 14.7. The summed E-state index contributed by atoms with van der Waals surface area (Å²) in [5.74, 6) is 0.605. The third-order valence-corrected chi connectivity index (χ3v) is 5.28.